The van der Waals surface area contributed by atoms with Crippen molar-refractivity contribution in [3.8, 4) is 0 Å². The van der Waals surface area contributed by atoms with Crippen molar-refractivity contribution in [2.75, 3.05) is 26.2 Å². The van der Waals surface area contributed by atoms with Crippen LogP contribution >= 0.6 is 0 Å². The molecule has 96 valence electrons. The van der Waals surface area contributed by atoms with Gasteiger partial charge in [-0.25, -0.2) is 0 Å². The van der Waals surface area contributed by atoms with E-state index >= 15 is 0 Å². The standard InChI is InChI=1S/C13H28N2O/c1-6-7-14-8-13(16)15(9-11(2)3)10-12(4)5/h11-12,14H,6-10H2,1-5H3. The van der Waals surface area contributed by atoms with Gasteiger partial charge in [0.15, 0.2) is 0 Å². The average molecular weight is 228 g/mol. The molecule has 0 aromatic heterocycles. The molecule has 0 spiro atoms. The molecule has 0 aliphatic carbocycles. The third kappa shape index (κ3) is 7.69. The summed E-state index contributed by atoms with van der Waals surface area (Å²) >= 11 is 0. The van der Waals surface area contributed by atoms with E-state index in [0.29, 0.717) is 18.4 Å². The van der Waals surface area contributed by atoms with E-state index in [1.165, 1.54) is 0 Å². The first-order chi connectivity index (χ1) is 7.47. The van der Waals surface area contributed by atoms with Gasteiger partial charge in [-0.05, 0) is 24.8 Å². The molecule has 0 aliphatic heterocycles. The maximum atomic E-state index is 12.0. The SMILES string of the molecule is CCCNCC(=O)N(CC(C)C)CC(C)C. The van der Waals surface area contributed by atoms with Gasteiger partial charge in [0, 0.05) is 13.1 Å². The second kappa shape index (κ2) is 8.57. The highest BCUT2D eigenvalue weighted by molar-refractivity contribution is 5.78. The Morgan fingerprint density at radius 2 is 1.62 bits per heavy atom. The van der Waals surface area contributed by atoms with Crippen molar-refractivity contribution in [1.29, 1.82) is 0 Å². The molecule has 16 heavy (non-hydrogen) atoms. The Kier molecular flexibility index (Phi) is 8.26. The Labute approximate surface area is 101 Å². The van der Waals surface area contributed by atoms with Crippen molar-refractivity contribution in [3.63, 3.8) is 0 Å². The number of nitrogens with zero attached hydrogens (tertiary/aromatic N) is 1. The molecule has 0 atom stereocenters. The number of amides is 1. The van der Waals surface area contributed by atoms with Crippen LogP contribution in [0.2, 0.25) is 0 Å². The molecule has 0 heterocycles. The summed E-state index contributed by atoms with van der Waals surface area (Å²) in [5.41, 5.74) is 0. The second-order valence-electron chi connectivity index (χ2n) is 5.26. The highest BCUT2D eigenvalue weighted by Gasteiger charge is 2.15. The summed E-state index contributed by atoms with van der Waals surface area (Å²) in [4.78, 5) is 13.9. The van der Waals surface area contributed by atoms with Gasteiger partial charge in [-0.15, -0.1) is 0 Å². The quantitative estimate of drug-likeness (QED) is 0.645. The third-order valence-corrected chi connectivity index (χ3v) is 2.23. The van der Waals surface area contributed by atoms with Crippen molar-refractivity contribution >= 4 is 5.91 Å². The lowest BCUT2D eigenvalue weighted by Crippen LogP contribution is -2.42. The van der Waals surface area contributed by atoms with Gasteiger partial charge in [-0.1, -0.05) is 34.6 Å². The fourth-order valence-electron chi connectivity index (χ4n) is 1.64. The van der Waals surface area contributed by atoms with E-state index in [-0.39, 0.29) is 5.91 Å². The largest absolute Gasteiger partial charge is 0.341 e. The number of hydrogen-bond donors (Lipinski definition) is 1. The van der Waals surface area contributed by atoms with Gasteiger partial charge in [0.1, 0.15) is 0 Å². The summed E-state index contributed by atoms with van der Waals surface area (Å²) in [6, 6.07) is 0. The van der Waals surface area contributed by atoms with Crippen molar-refractivity contribution in [2.24, 2.45) is 11.8 Å². The first-order valence-corrected chi connectivity index (χ1v) is 6.45. The number of nitrogens with one attached hydrogen (secondary N) is 1. The average Bonchev–Trinajstić information content (AvgIpc) is 2.15. The zero-order valence-electron chi connectivity index (χ0n) is 11.5. The van der Waals surface area contributed by atoms with E-state index in [1.807, 2.05) is 4.90 Å². The molecule has 0 bridgehead atoms. The summed E-state index contributed by atoms with van der Waals surface area (Å²) in [6.07, 6.45) is 1.07. The van der Waals surface area contributed by atoms with Crippen LogP contribution in [-0.4, -0.2) is 37.0 Å². The lowest BCUT2D eigenvalue weighted by Gasteiger charge is -2.26. The summed E-state index contributed by atoms with van der Waals surface area (Å²) < 4.78 is 0. The van der Waals surface area contributed by atoms with Crippen LogP contribution in [0, 0.1) is 11.8 Å². The summed E-state index contributed by atoms with van der Waals surface area (Å²) in [5, 5.41) is 3.17. The van der Waals surface area contributed by atoms with Crippen LogP contribution in [0.4, 0.5) is 0 Å². The minimum absolute atomic E-state index is 0.232. The van der Waals surface area contributed by atoms with E-state index in [0.717, 1.165) is 26.1 Å². The maximum absolute atomic E-state index is 12.0. The molecule has 1 N–H and O–H groups in total. The van der Waals surface area contributed by atoms with Gasteiger partial charge < -0.3 is 10.2 Å². The second-order valence-corrected chi connectivity index (χ2v) is 5.26. The van der Waals surface area contributed by atoms with Crippen LogP contribution in [0.15, 0.2) is 0 Å². The highest BCUT2D eigenvalue weighted by atomic mass is 16.2. The van der Waals surface area contributed by atoms with Crippen molar-refractivity contribution in [1.82, 2.24) is 10.2 Å². The van der Waals surface area contributed by atoms with Crippen molar-refractivity contribution in [2.45, 2.75) is 41.0 Å². The molecule has 0 unspecified atom stereocenters. The molecule has 3 heteroatoms. The van der Waals surface area contributed by atoms with Crippen LogP contribution in [0.1, 0.15) is 41.0 Å². The maximum Gasteiger partial charge on any atom is 0.236 e. The number of carbonyl (C=O) groups excluding carboxylic acids is 1. The fourth-order valence-corrected chi connectivity index (χ4v) is 1.64. The van der Waals surface area contributed by atoms with Gasteiger partial charge in [0.05, 0.1) is 6.54 Å². The molecule has 0 aromatic rings. The molecular weight excluding hydrogens is 200 g/mol. The van der Waals surface area contributed by atoms with Crippen LogP contribution in [0.3, 0.4) is 0 Å². The molecule has 0 saturated heterocycles. The van der Waals surface area contributed by atoms with Crippen LogP contribution < -0.4 is 5.32 Å². The smallest absolute Gasteiger partial charge is 0.236 e. The molecule has 0 rings (SSSR count). The normalized spacial score (nSPS) is 11.2. The van der Waals surface area contributed by atoms with E-state index in [2.05, 4.69) is 39.9 Å². The van der Waals surface area contributed by atoms with Gasteiger partial charge in [-0.2, -0.15) is 0 Å². The third-order valence-electron chi connectivity index (χ3n) is 2.23. The van der Waals surface area contributed by atoms with Gasteiger partial charge in [0.2, 0.25) is 5.91 Å². The van der Waals surface area contributed by atoms with Crippen LogP contribution in [-0.2, 0) is 4.79 Å². The van der Waals surface area contributed by atoms with E-state index in [9.17, 15) is 4.79 Å². The first kappa shape index (κ1) is 15.4. The Bertz CT molecular complexity index is 180. The van der Waals surface area contributed by atoms with Crippen molar-refractivity contribution < 1.29 is 4.79 Å². The Balaban J connectivity index is 4.10. The van der Waals surface area contributed by atoms with Crippen LogP contribution in [0.25, 0.3) is 0 Å². The van der Waals surface area contributed by atoms with E-state index in [4.69, 9.17) is 0 Å². The van der Waals surface area contributed by atoms with Crippen molar-refractivity contribution in [3.05, 3.63) is 0 Å². The number of rotatable bonds is 8. The fraction of sp³-hybridized carbons (Fsp3) is 0.923. The van der Waals surface area contributed by atoms with E-state index in [1.54, 1.807) is 0 Å². The monoisotopic (exact) mass is 228 g/mol. The van der Waals surface area contributed by atoms with E-state index < -0.39 is 0 Å². The summed E-state index contributed by atoms with van der Waals surface area (Å²) in [7, 11) is 0. The van der Waals surface area contributed by atoms with Gasteiger partial charge >= 0.3 is 0 Å². The predicted molar refractivity (Wildman–Crippen MR) is 69.4 cm³/mol. The van der Waals surface area contributed by atoms with Gasteiger partial charge in [0.25, 0.3) is 0 Å². The minimum Gasteiger partial charge on any atom is -0.341 e. The molecule has 3 nitrogen and oxygen atoms in total. The molecule has 0 aliphatic rings. The molecule has 0 aromatic carbocycles. The van der Waals surface area contributed by atoms with Gasteiger partial charge in [-0.3, -0.25) is 4.79 Å². The number of carbonyl (C=O) groups is 1. The topological polar surface area (TPSA) is 32.3 Å². The highest BCUT2D eigenvalue weighted by Crippen LogP contribution is 2.03. The minimum atomic E-state index is 0.232. The number of hydrogen-bond acceptors (Lipinski definition) is 2. The Morgan fingerprint density at radius 1 is 1.12 bits per heavy atom. The lowest BCUT2D eigenvalue weighted by atomic mass is 10.1. The molecule has 0 fully saturated rings. The lowest BCUT2D eigenvalue weighted by molar-refractivity contribution is -0.131. The summed E-state index contributed by atoms with van der Waals surface area (Å²) in [6.45, 7) is 13.9. The summed E-state index contributed by atoms with van der Waals surface area (Å²) in [5.74, 6) is 1.30. The first-order valence-electron chi connectivity index (χ1n) is 6.45. The predicted octanol–water partition coefficient (Wildman–Crippen LogP) is 2.13. The molecule has 0 saturated carbocycles. The zero-order chi connectivity index (χ0) is 12.6. The molecule has 0 radical (unpaired) electrons. The Hall–Kier alpha value is -0.570. The zero-order valence-corrected chi connectivity index (χ0v) is 11.5. The Morgan fingerprint density at radius 3 is 2.00 bits per heavy atom. The molecule has 1 amide bonds. The molecular formula is C13H28N2O. The van der Waals surface area contributed by atoms with Crippen LogP contribution in [0.5, 0.6) is 0 Å².